The van der Waals surface area contributed by atoms with Crippen LogP contribution < -0.4 is 0 Å². The van der Waals surface area contributed by atoms with Gasteiger partial charge in [-0.05, 0) is 37.0 Å². The number of rotatable bonds is 6. The van der Waals surface area contributed by atoms with Gasteiger partial charge in [0.2, 0.25) is 0 Å². The lowest BCUT2D eigenvalue weighted by atomic mass is 9.83. The summed E-state index contributed by atoms with van der Waals surface area (Å²) in [4.78, 5) is 13.6. The van der Waals surface area contributed by atoms with Crippen molar-refractivity contribution in [3.8, 4) is 0 Å². The van der Waals surface area contributed by atoms with Gasteiger partial charge in [0, 0.05) is 25.1 Å². The Morgan fingerprint density at radius 2 is 1.72 bits per heavy atom. The molecule has 3 nitrogen and oxygen atoms in total. The number of hydrogen-bond donors (Lipinski definition) is 1. The van der Waals surface area contributed by atoms with Crippen molar-refractivity contribution in [3.05, 3.63) is 71.3 Å². The third-order valence-corrected chi connectivity index (χ3v) is 5.45. The Morgan fingerprint density at radius 1 is 1.07 bits per heavy atom. The standard InChI is InChI=1S/C22H23F4NO2/c23-20(10-9-19(28)16-5-2-1-3-6-16)27-13-11-21(29,12-14-27)17-7-4-8-18(15-17)22(24,25)26/h1-8,15,20,29H,9-14H2/t20-/m0/s1. The Balaban J connectivity index is 1.56. The molecule has 0 amide bonds. The van der Waals surface area contributed by atoms with E-state index in [1.807, 2.05) is 0 Å². The van der Waals surface area contributed by atoms with Crippen molar-refractivity contribution in [2.24, 2.45) is 0 Å². The van der Waals surface area contributed by atoms with Gasteiger partial charge in [-0.3, -0.25) is 9.69 Å². The molecule has 1 fully saturated rings. The van der Waals surface area contributed by atoms with E-state index in [-0.39, 0.29) is 50.1 Å². The van der Waals surface area contributed by atoms with E-state index in [1.165, 1.54) is 17.0 Å². The summed E-state index contributed by atoms with van der Waals surface area (Å²) in [6, 6.07) is 13.3. The minimum absolute atomic E-state index is 0.0374. The van der Waals surface area contributed by atoms with Gasteiger partial charge in [0.15, 0.2) is 12.1 Å². The number of halogens is 4. The van der Waals surface area contributed by atoms with Crippen LogP contribution in [0.5, 0.6) is 0 Å². The molecule has 0 spiro atoms. The van der Waals surface area contributed by atoms with E-state index in [0.717, 1.165) is 12.1 Å². The smallest absolute Gasteiger partial charge is 0.385 e. The number of Topliss-reactive ketones (excluding diaryl/α,β-unsaturated/α-hetero) is 1. The van der Waals surface area contributed by atoms with Crippen molar-refractivity contribution in [2.45, 2.75) is 43.8 Å². The molecule has 29 heavy (non-hydrogen) atoms. The number of aliphatic hydroxyl groups is 1. The number of carbonyl (C=O) groups excluding carboxylic acids is 1. The minimum Gasteiger partial charge on any atom is -0.385 e. The highest BCUT2D eigenvalue weighted by Gasteiger charge is 2.38. The van der Waals surface area contributed by atoms with Crippen LogP contribution in [0.4, 0.5) is 17.6 Å². The SMILES string of the molecule is O=C(CC[C@@H](F)N1CCC(O)(c2cccc(C(F)(F)F)c2)CC1)c1ccccc1. The number of hydrogen-bond acceptors (Lipinski definition) is 3. The molecular weight excluding hydrogens is 386 g/mol. The van der Waals surface area contributed by atoms with Gasteiger partial charge in [-0.1, -0.05) is 42.5 Å². The zero-order chi connectivity index (χ0) is 21.1. The van der Waals surface area contributed by atoms with E-state index < -0.39 is 23.6 Å². The molecular formula is C22H23F4NO2. The molecule has 0 aliphatic carbocycles. The van der Waals surface area contributed by atoms with E-state index in [9.17, 15) is 27.5 Å². The lowest BCUT2D eigenvalue weighted by Crippen LogP contribution is -2.45. The fraction of sp³-hybridized carbons (Fsp3) is 0.409. The normalized spacial score (nSPS) is 18.4. The second kappa shape index (κ2) is 8.63. The topological polar surface area (TPSA) is 40.5 Å². The summed E-state index contributed by atoms with van der Waals surface area (Å²) in [6.07, 6.45) is -5.46. The molecule has 0 saturated carbocycles. The van der Waals surface area contributed by atoms with Crippen LogP contribution in [0.2, 0.25) is 0 Å². The van der Waals surface area contributed by atoms with Crippen LogP contribution in [-0.4, -0.2) is 35.2 Å². The predicted molar refractivity (Wildman–Crippen MR) is 101 cm³/mol. The maximum Gasteiger partial charge on any atom is 0.416 e. The summed E-state index contributed by atoms with van der Waals surface area (Å²) in [6.45, 7) is 0.404. The number of likely N-dealkylation sites (tertiary alicyclic amines) is 1. The van der Waals surface area contributed by atoms with Gasteiger partial charge >= 0.3 is 6.18 Å². The highest BCUT2D eigenvalue weighted by molar-refractivity contribution is 5.95. The molecule has 0 aromatic heterocycles. The van der Waals surface area contributed by atoms with Gasteiger partial charge in [-0.2, -0.15) is 13.2 Å². The molecule has 0 unspecified atom stereocenters. The molecule has 1 heterocycles. The third-order valence-electron chi connectivity index (χ3n) is 5.45. The molecule has 156 valence electrons. The zero-order valence-electron chi connectivity index (χ0n) is 15.8. The quantitative estimate of drug-likeness (QED) is 0.417. The summed E-state index contributed by atoms with van der Waals surface area (Å²) in [5, 5.41) is 10.8. The van der Waals surface area contributed by atoms with Gasteiger partial charge in [0.25, 0.3) is 0 Å². The molecule has 0 bridgehead atoms. The minimum atomic E-state index is -4.48. The van der Waals surface area contributed by atoms with Crippen molar-refractivity contribution in [2.75, 3.05) is 13.1 Å². The first-order chi connectivity index (χ1) is 13.7. The second-order valence-electron chi connectivity index (χ2n) is 7.41. The van der Waals surface area contributed by atoms with E-state index in [2.05, 4.69) is 0 Å². The van der Waals surface area contributed by atoms with Crippen molar-refractivity contribution in [1.82, 2.24) is 4.90 Å². The highest BCUT2D eigenvalue weighted by atomic mass is 19.4. The van der Waals surface area contributed by atoms with E-state index in [1.54, 1.807) is 30.3 Å². The molecule has 0 radical (unpaired) electrons. The number of ketones is 1. The molecule has 1 aliphatic heterocycles. The van der Waals surface area contributed by atoms with Crippen molar-refractivity contribution < 1.29 is 27.5 Å². The maximum atomic E-state index is 14.6. The molecule has 2 aromatic rings. The summed E-state index contributed by atoms with van der Waals surface area (Å²) in [5.74, 6) is -0.134. The van der Waals surface area contributed by atoms with E-state index >= 15 is 0 Å². The van der Waals surface area contributed by atoms with Crippen LogP contribution in [0.1, 0.15) is 47.2 Å². The first-order valence-electron chi connectivity index (χ1n) is 9.55. The number of alkyl halides is 4. The van der Waals surface area contributed by atoms with Crippen molar-refractivity contribution >= 4 is 5.78 Å². The van der Waals surface area contributed by atoms with Crippen LogP contribution in [0.3, 0.4) is 0 Å². The van der Waals surface area contributed by atoms with Gasteiger partial charge in [-0.25, -0.2) is 4.39 Å². The van der Waals surface area contributed by atoms with E-state index in [0.29, 0.717) is 5.56 Å². The fourth-order valence-corrected chi connectivity index (χ4v) is 3.65. The van der Waals surface area contributed by atoms with Crippen LogP contribution >= 0.6 is 0 Å². The maximum absolute atomic E-state index is 14.6. The van der Waals surface area contributed by atoms with Crippen LogP contribution in [-0.2, 0) is 11.8 Å². The third kappa shape index (κ3) is 5.22. The first-order valence-corrected chi connectivity index (χ1v) is 9.55. The molecule has 3 rings (SSSR count). The van der Waals surface area contributed by atoms with Crippen molar-refractivity contribution in [1.29, 1.82) is 0 Å². The molecule has 2 aromatic carbocycles. The van der Waals surface area contributed by atoms with Crippen LogP contribution in [0.25, 0.3) is 0 Å². The Kier molecular flexibility index (Phi) is 6.39. The van der Waals surface area contributed by atoms with Gasteiger partial charge in [0.05, 0.1) is 11.2 Å². The monoisotopic (exact) mass is 409 g/mol. The molecule has 1 aliphatic rings. The van der Waals surface area contributed by atoms with Crippen LogP contribution in [0, 0.1) is 0 Å². The summed E-state index contributed by atoms with van der Waals surface area (Å²) in [7, 11) is 0. The summed E-state index contributed by atoms with van der Waals surface area (Å²) in [5.41, 5.74) is -1.50. The number of piperidine rings is 1. The Morgan fingerprint density at radius 3 is 2.34 bits per heavy atom. The van der Waals surface area contributed by atoms with Crippen molar-refractivity contribution in [3.63, 3.8) is 0 Å². The fourth-order valence-electron chi connectivity index (χ4n) is 3.65. The molecule has 1 atom stereocenters. The largest absolute Gasteiger partial charge is 0.416 e. The average Bonchev–Trinajstić information content (AvgIpc) is 2.72. The average molecular weight is 409 g/mol. The molecule has 1 N–H and O–H groups in total. The summed E-state index contributed by atoms with van der Waals surface area (Å²) < 4.78 is 53.4. The zero-order valence-corrected chi connectivity index (χ0v) is 15.8. The number of carbonyl (C=O) groups is 1. The first kappa shape index (κ1) is 21.5. The second-order valence-corrected chi connectivity index (χ2v) is 7.41. The van der Waals surface area contributed by atoms with E-state index in [4.69, 9.17) is 0 Å². The molecule has 1 saturated heterocycles. The Hall–Kier alpha value is -2.25. The number of benzene rings is 2. The summed E-state index contributed by atoms with van der Waals surface area (Å²) >= 11 is 0. The predicted octanol–water partition coefficient (Wildman–Crippen LogP) is 4.95. The lowest BCUT2D eigenvalue weighted by Gasteiger charge is -2.40. The lowest BCUT2D eigenvalue weighted by molar-refractivity contribution is -0.137. The highest BCUT2D eigenvalue weighted by Crippen LogP contribution is 2.37. The van der Waals surface area contributed by atoms with Crippen LogP contribution in [0.15, 0.2) is 54.6 Å². The van der Waals surface area contributed by atoms with Gasteiger partial charge in [0.1, 0.15) is 0 Å². The number of nitrogens with zero attached hydrogens (tertiary/aromatic N) is 1. The van der Waals surface area contributed by atoms with Gasteiger partial charge in [-0.15, -0.1) is 0 Å². The Bertz CT molecular complexity index is 830. The van der Waals surface area contributed by atoms with Gasteiger partial charge < -0.3 is 5.11 Å². The Labute approximate surface area is 167 Å². The molecule has 7 heteroatoms.